The normalized spacial score (nSPS) is 22.8. The number of hydrogen-bond donors (Lipinski definition) is 1. The van der Waals surface area contributed by atoms with E-state index in [0.717, 1.165) is 57.1 Å². The number of rotatable bonds is 5. The van der Waals surface area contributed by atoms with Crippen LogP contribution in [0, 0.1) is 11.8 Å². The lowest BCUT2D eigenvalue weighted by Crippen LogP contribution is -2.53. The number of benzene rings is 1. The summed E-state index contributed by atoms with van der Waals surface area (Å²) in [5, 5.41) is 3.44. The number of piperidine rings is 1. The van der Waals surface area contributed by atoms with Gasteiger partial charge in [0.05, 0.1) is 6.54 Å². The van der Waals surface area contributed by atoms with Crippen molar-refractivity contribution in [2.75, 3.05) is 45.8 Å². The average molecular weight is 542 g/mol. The zero-order chi connectivity index (χ0) is 21.5. The Labute approximate surface area is 205 Å². The number of halogens is 1. The van der Waals surface area contributed by atoms with Crippen molar-refractivity contribution in [2.45, 2.75) is 47.2 Å². The van der Waals surface area contributed by atoms with E-state index in [-0.39, 0.29) is 29.9 Å². The number of amides is 1. The van der Waals surface area contributed by atoms with Crippen LogP contribution in [0.1, 0.15) is 45.2 Å². The number of guanidine groups is 1. The molecular weight excluding hydrogens is 501 g/mol. The molecule has 6 nitrogen and oxygen atoms in total. The molecule has 31 heavy (non-hydrogen) atoms. The molecule has 1 amide bonds. The van der Waals surface area contributed by atoms with Crippen LogP contribution in [0.2, 0.25) is 0 Å². The van der Waals surface area contributed by atoms with Crippen molar-refractivity contribution in [3.05, 3.63) is 35.4 Å². The van der Waals surface area contributed by atoms with Gasteiger partial charge in [-0.1, -0.05) is 38.1 Å². The van der Waals surface area contributed by atoms with Gasteiger partial charge in [-0.25, -0.2) is 4.99 Å². The van der Waals surface area contributed by atoms with E-state index >= 15 is 0 Å². The number of nitrogens with zero attached hydrogens (tertiary/aromatic N) is 4. The fourth-order valence-electron chi connectivity index (χ4n) is 4.85. The van der Waals surface area contributed by atoms with E-state index < -0.39 is 0 Å². The first-order valence-electron chi connectivity index (χ1n) is 11.5. The van der Waals surface area contributed by atoms with Crippen molar-refractivity contribution < 1.29 is 4.79 Å². The second-order valence-corrected chi connectivity index (χ2v) is 9.07. The summed E-state index contributed by atoms with van der Waals surface area (Å²) in [7, 11) is 0. The molecule has 2 heterocycles. The molecule has 0 radical (unpaired) electrons. The van der Waals surface area contributed by atoms with E-state index in [1.54, 1.807) is 6.92 Å². The highest BCUT2D eigenvalue weighted by Crippen LogP contribution is 2.23. The van der Waals surface area contributed by atoms with Gasteiger partial charge in [-0.05, 0) is 36.3 Å². The summed E-state index contributed by atoms with van der Waals surface area (Å²) < 4.78 is 0. The predicted molar refractivity (Wildman–Crippen MR) is 139 cm³/mol. The van der Waals surface area contributed by atoms with Crippen LogP contribution in [-0.4, -0.2) is 72.4 Å². The molecule has 2 aliphatic rings. The molecule has 0 aliphatic carbocycles. The third kappa shape index (κ3) is 7.63. The van der Waals surface area contributed by atoms with E-state index in [1.165, 1.54) is 30.6 Å². The summed E-state index contributed by atoms with van der Waals surface area (Å²) in [5.74, 6) is 2.66. The van der Waals surface area contributed by atoms with E-state index in [2.05, 4.69) is 60.2 Å². The smallest absolute Gasteiger partial charge is 0.219 e. The van der Waals surface area contributed by atoms with Gasteiger partial charge in [0.2, 0.25) is 5.91 Å². The largest absolute Gasteiger partial charge is 0.357 e. The van der Waals surface area contributed by atoms with Gasteiger partial charge in [-0.15, -0.1) is 24.0 Å². The Morgan fingerprint density at radius 1 is 1.03 bits per heavy atom. The van der Waals surface area contributed by atoms with E-state index in [4.69, 9.17) is 4.99 Å². The highest BCUT2D eigenvalue weighted by atomic mass is 127. The summed E-state index contributed by atoms with van der Waals surface area (Å²) in [4.78, 5) is 23.4. The Kier molecular flexibility index (Phi) is 10.6. The maximum Gasteiger partial charge on any atom is 0.219 e. The van der Waals surface area contributed by atoms with E-state index in [0.29, 0.717) is 6.54 Å². The predicted octanol–water partition coefficient (Wildman–Crippen LogP) is 3.41. The Morgan fingerprint density at radius 3 is 2.19 bits per heavy atom. The second kappa shape index (κ2) is 12.6. The minimum Gasteiger partial charge on any atom is -0.357 e. The summed E-state index contributed by atoms with van der Waals surface area (Å²) in [6.45, 7) is 16.6. The van der Waals surface area contributed by atoms with Gasteiger partial charge in [0.15, 0.2) is 5.96 Å². The molecule has 0 aromatic heterocycles. The second-order valence-electron chi connectivity index (χ2n) is 9.07. The van der Waals surface area contributed by atoms with E-state index in [9.17, 15) is 4.79 Å². The summed E-state index contributed by atoms with van der Waals surface area (Å²) >= 11 is 0. The zero-order valence-electron chi connectivity index (χ0n) is 19.6. The Morgan fingerprint density at radius 2 is 1.61 bits per heavy atom. The standard InChI is InChI=1S/C24H39N5O.HI/c1-5-25-24(29-12-10-28(11-13-29)21(4)30)26-15-22-8-6-7-9-23(22)18-27-16-19(2)14-20(3)17-27;/h6-9,19-20H,5,10-18H2,1-4H3,(H,25,26);1H. The van der Waals surface area contributed by atoms with Gasteiger partial charge in [0, 0.05) is 59.3 Å². The third-order valence-electron chi connectivity index (χ3n) is 6.22. The van der Waals surface area contributed by atoms with Crippen LogP contribution in [0.5, 0.6) is 0 Å². The quantitative estimate of drug-likeness (QED) is 0.353. The first-order valence-corrected chi connectivity index (χ1v) is 11.5. The van der Waals surface area contributed by atoms with Crippen molar-refractivity contribution in [2.24, 2.45) is 16.8 Å². The molecule has 1 N–H and O–H groups in total. The van der Waals surface area contributed by atoms with Gasteiger partial charge in [0.25, 0.3) is 0 Å². The molecule has 3 rings (SSSR count). The van der Waals surface area contributed by atoms with Crippen LogP contribution in [0.3, 0.4) is 0 Å². The van der Waals surface area contributed by atoms with Crippen molar-refractivity contribution in [3.63, 3.8) is 0 Å². The van der Waals surface area contributed by atoms with E-state index in [1.807, 2.05) is 4.90 Å². The number of carbonyl (C=O) groups excluding carboxylic acids is 1. The lowest BCUT2D eigenvalue weighted by Gasteiger charge is -2.36. The van der Waals surface area contributed by atoms with Crippen LogP contribution in [-0.2, 0) is 17.9 Å². The summed E-state index contributed by atoms with van der Waals surface area (Å²) in [6.07, 6.45) is 1.34. The molecule has 0 spiro atoms. The summed E-state index contributed by atoms with van der Waals surface area (Å²) in [6, 6.07) is 8.74. The lowest BCUT2D eigenvalue weighted by atomic mass is 9.91. The van der Waals surface area contributed by atoms with Crippen molar-refractivity contribution in [1.29, 1.82) is 0 Å². The Hall–Kier alpha value is -1.35. The molecular formula is C24H40IN5O. The zero-order valence-corrected chi connectivity index (χ0v) is 22.0. The van der Waals surface area contributed by atoms with Gasteiger partial charge >= 0.3 is 0 Å². The minimum atomic E-state index is 0. The Balaban J connectivity index is 0.00000341. The average Bonchev–Trinajstić information content (AvgIpc) is 2.71. The van der Waals surface area contributed by atoms with Gasteiger partial charge in [-0.2, -0.15) is 0 Å². The van der Waals surface area contributed by atoms with Gasteiger partial charge in [0.1, 0.15) is 0 Å². The molecule has 1 aromatic rings. The fourth-order valence-corrected chi connectivity index (χ4v) is 4.85. The molecule has 2 unspecified atom stereocenters. The molecule has 0 saturated carbocycles. The van der Waals surface area contributed by atoms with Crippen molar-refractivity contribution in [1.82, 2.24) is 20.0 Å². The SMILES string of the molecule is CCNC(=NCc1ccccc1CN1CC(C)CC(C)C1)N1CCN(C(C)=O)CC1.I. The molecule has 174 valence electrons. The molecule has 2 aliphatic heterocycles. The molecule has 1 aromatic carbocycles. The number of carbonyl (C=O) groups is 1. The van der Waals surface area contributed by atoms with Gasteiger partial charge in [-0.3, -0.25) is 9.69 Å². The van der Waals surface area contributed by atoms with Crippen LogP contribution >= 0.6 is 24.0 Å². The molecule has 2 atom stereocenters. The number of nitrogens with one attached hydrogen (secondary N) is 1. The van der Waals surface area contributed by atoms with Crippen molar-refractivity contribution in [3.8, 4) is 0 Å². The third-order valence-corrected chi connectivity index (χ3v) is 6.22. The fraction of sp³-hybridized carbons (Fsp3) is 0.667. The highest BCUT2D eigenvalue weighted by Gasteiger charge is 2.23. The van der Waals surface area contributed by atoms with Crippen LogP contribution in [0.25, 0.3) is 0 Å². The summed E-state index contributed by atoms with van der Waals surface area (Å²) in [5.41, 5.74) is 2.70. The maximum absolute atomic E-state index is 11.6. The number of hydrogen-bond acceptors (Lipinski definition) is 3. The highest BCUT2D eigenvalue weighted by molar-refractivity contribution is 14.0. The molecule has 2 saturated heterocycles. The first-order chi connectivity index (χ1) is 14.5. The van der Waals surface area contributed by atoms with Crippen LogP contribution in [0.4, 0.5) is 0 Å². The lowest BCUT2D eigenvalue weighted by molar-refractivity contribution is -0.130. The topological polar surface area (TPSA) is 51.2 Å². The molecule has 7 heteroatoms. The van der Waals surface area contributed by atoms with Crippen molar-refractivity contribution >= 4 is 35.8 Å². The maximum atomic E-state index is 11.6. The van der Waals surface area contributed by atoms with Crippen LogP contribution < -0.4 is 5.32 Å². The molecule has 2 fully saturated rings. The minimum absolute atomic E-state index is 0. The monoisotopic (exact) mass is 541 g/mol. The number of likely N-dealkylation sites (tertiary alicyclic amines) is 1. The number of aliphatic imine (C=N–C) groups is 1. The van der Waals surface area contributed by atoms with Gasteiger partial charge < -0.3 is 15.1 Å². The first kappa shape index (κ1) is 25.9. The molecule has 0 bridgehead atoms. The number of piperazine rings is 1. The Bertz CT molecular complexity index is 722. The van der Waals surface area contributed by atoms with Crippen LogP contribution in [0.15, 0.2) is 29.3 Å².